The minimum atomic E-state index is -0.147. The summed E-state index contributed by atoms with van der Waals surface area (Å²) in [4.78, 5) is 0. The smallest absolute Gasteiger partial charge is 0.158 e. The highest BCUT2D eigenvalue weighted by molar-refractivity contribution is 5.69. The quantitative estimate of drug-likeness (QED) is 0.676. The molecule has 0 aliphatic carbocycles. The molecule has 0 fully saturated rings. The number of aromatic hydroxyl groups is 3. The molecule has 0 radical (unpaired) electrons. The van der Waals surface area contributed by atoms with Crippen molar-refractivity contribution in [2.24, 2.45) is 0 Å². The van der Waals surface area contributed by atoms with Gasteiger partial charge in [-0.3, -0.25) is 0 Å². The van der Waals surface area contributed by atoms with E-state index in [4.69, 9.17) is 0 Å². The monoisotopic (exact) mass is 260 g/mol. The van der Waals surface area contributed by atoms with E-state index in [2.05, 4.69) is 0 Å². The highest BCUT2D eigenvalue weighted by Gasteiger charge is 2.07. The lowest BCUT2D eigenvalue weighted by Gasteiger charge is -2.09. The van der Waals surface area contributed by atoms with Gasteiger partial charge in [0.25, 0.3) is 0 Å². The molecule has 0 aromatic heterocycles. The first-order valence-corrected chi connectivity index (χ1v) is 6.31. The van der Waals surface area contributed by atoms with Gasteiger partial charge in [-0.15, -0.1) is 0 Å². The van der Waals surface area contributed by atoms with Crippen molar-refractivity contribution in [3.63, 3.8) is 0 Å². The molecule has 0 heterocycles. The maximum atomic E-state index is 9.69. The third-order valence-electron chi connectivity index (χ3n) is 2.80. The Labute approximate surface area is 113 Å². The summed E-state index contributed by atoms with van der Waals surface area (Å²) < 4.78 is 0. The summed E-state index contributed by atoms with van der Waals surface area (Å²) in [5.41, 5.74) is 3.26. The highest BCUT2D eigenvalue weighted by Crippen LogP contribution is 2.33. The summed E-state index contributed by atoms with van der Waals surface area (Å²) in [6, 6.07) is 8.35. The lowest BCUT2D eigenvalue weighted by Crippen LogP contribution is -1.85. The van der Waals surface area contributed by atoms with Crippen molar-refractivity contribution in [3.05, 3.63) is 41.5 Å². The van der Waals surface area contributed by atoms with Gasteiger partial charge in [-0.05, 0) is 60.4 Å². The second-order valence-corrected chi connectivity index (χ2v) is 4.16. The summed E-state index contributed by atoms with van der Waals surface area (Å²) in [5.74, 6) is 0.00334. The second-order valence-electron chi connectivity index (χ2n) is 4.16. The van der Waals surface area contributed by atoms with Crippen LogP contribution in [0.15, 0.2) is 30.3 Å². The van der Waals surface area contributed by atoms with Gasteiger partial charge in [0.15, 0.2) is 11.5 Å². The molecule has 2 rings (SSSR count). The molecule has 2 aromatic carbocycles. The van der Waals surface area contributed by atoms with Crippen LogP contribution in [0, 0.1) is 13.8 Å². The van der Waals surface area contributed by atoms with Gasteiger partial charge in [0.1, 0.15) is 5.75 Å². The molecule has 102 valence electrons. The Morgan fingerprint density at radius 1 is 0.684 bits per heavy atom. The molecule has 3 nitrogen and oxygen atoms in total. The number of rotatable bonds is 1. The van der Waals surface area contributed by atoms with E-state index in [0.717, 1.165) is 22.3 Å². The van der Waals surface area contributed by atoms with Crippen molar-refractivity contribution in [1.82, 2.24) is 0 Å². The fourth-order valence-corrected chi connectivity index (χ4v) is 1.83. The fourth-order valence-electron chi connectivity index (χ4n) is 1.83. The molecule has 0 aliphatic heterocycles. The normalized spacial score (nSPS) is 9.68. The van der Waals surface area contributed by atoms with Crippen LogP contribution in [0.2, 0.25) is 0 Å². The third kappa shape index (κ3) is 3.19. The standard InChI is InChI=1S/C14H14O3.C2H6/c1-8-5-11(6-9(2)14(8)17)10-3-4-12(15)13(16)7-10;1-2/h3-7,15-17H,1-2H3;1-2H3. The van der Waals surface area contributed by atoms with Crippen LogP contribution in [0.4, 0.5) is 0 Å². The molecule has 0 atom stereocenters. The Bertz CT molecular complexity index is 551. The molecule has 0 saturated carbocycles. The third-order valence-corrected chi connectivity index (χ3v) is 2.80. The maximum absolute atomic E-state index is 9.69. The number of hydrogen-bond acceptors (Lipinski definition) is 3. The molecule has 0 saturated heterocycles. The van der Waals surface area contributed by atoms with Gasteiger partial charge in [0, 0.05) is 0 Å². The molecule has 0 bridgehead atoms. The van der Waals surface area contributed by atoms with Crippen LogP contribution in [-0.4, -0.2) is 15.3 Å². The van der Waals surface area contributed by atoms with Crippen LogP contribution in [-0.2, 0) is 0 Å². The molecule has 0 spiro atoms. The molecule has 0 aliphatic rings. The van der Waals surface area contributed by atoms with E-state index in [-0.39, 0.29) is 17.2 Å². The van der Waals surface area contributed by atoms with Crippen molar-refractivity contribution in [1.29, 1.82) is 0 Å². The molecule has 0 unspecified atom stereocenters. The predicted octanol–water partition coefficient (Wildman–Crippen LogP) is 4.11. The number of aryl methyl sites for hydroxylation is 2. The van der Waals surface area contributed by atoms with E-state index in [9.17, 15) is 15.3 Å². The summed E-state index contributed by atoms with van der Waals surface area (Å²) in [5, 5.41) is 28.4. The fraction of sp³-hybridized carbons (Fsp3) is 0.250. The van der Waals surface area contributed by atoms with Crippen molar-refractivity contribution in [2.75, 3.05) is 0 Å². The van der Waals surface area contributed by atoms with E-state index >= 15 is 0 Å². The topological polar surface area (TPSA) is 60.7 Å². The zero-order chi connectivity index (χ0) is 14.6. The SMILES string of the molecule is CC.Cc1cc(-c2ccc(O)c(O)c2)cc(C)c1O. The lowest BCUT2D eigenvalue weighted by molar-refractivity contribution is 0.404. The first-order valence-electron chi connectivity index (χ1n) is 6.31. The van der Waals surface area contributed by atoms with Crippen molar-refractivity contribution < 1.29 is 15.3 Å². The molecule has 0 amide bonds. The van der Waals surface area contributed by atoms with E-state index in [0.29, 0.717) is 0 Å². The van der Waals surface area contributed by atoms with Gasteiger partial charge in [0.05, 0.1) is 0 Å². The van der Waals surface area contributed by atoms with Crippen LogP contribution in [0.1, 0.15) is 25.0 Å². The number of phenolic OH excluding ortho intramolecular Hbond substituents is 3. The summed E-state index contributed by atoms with van der Waals surface area (Å²) in [6.07, 6.45) is 0. The van der Waals surface area contributed by atoms with E-state index in [1.807, 2.05) is 39.8 Å². The van der Waals surface area contributed by atoms with Crippen LogP contribution in [0.3, 0.4) is 0 Å². The summed E-state index contributed by atoms with van der Waals surface area (Å²) in [6.45, 7) is 7.65. The zero-order valence-corrected chi connectivity index (χ0v) is 11.7. The van der Waals surface area contributed by atoms with Gasteiger partial charge in [-0.2, -0.15) is 0 Å². The Hall–Kier alpha value is -2.16. The lowest BCUT2D eigenvalue weighted by atomic mass is 9.99. The minimum absolute atomic E-state index is 0.138. The summed E-state index contributed by atoms with van der Waals surface area (Å²) in [7, 11) is 0. The number of hydrogen-bond donors (Lipinski definition) is 3. The van der Waals surface area contributed by atoms with E-state index in [1.54, 1.807) is 6.07 Å². The minimum Gasteiger partial charge on any atom is -0.507 e. The zero-order valence-electron chi connectivity index (χ0n) is 11.7. The van der Waals surface area contributed by atoms with Gasteiger partial charge in [-0.1, -0.05) is 19.9 Å². The average molecular weight is 260 g/mol. The maximum Gasteiger partial charge on any atom is 0.158 e. The van der Waals surface area contributed by atoms with Crippen LogP contribution < -0.4 is 0 Å². The highest BCUT2D eigenvalue weighted by atomic mass is 16.3. The molecule has 19 heavy (non-hydrogen) atoms. The van der Waals surface area contributed by atoms with Gasteiger partial charge < -0.3 is 15.3 Å². The molecule has 2 aromatic rings. The first-order chi connectivity index (χ1) is 8.99. The number of phenols is 3. The average Bonchev–Trinajstić information content (AvgIpc) is 2.41. The van der Waals surface area contributed by atoms with Crippen LogP contribution >= 0.6 is 0 Å². The van der Waals surface area contributed by atoms with Gasteiger partial charge in [0.2, 0.25) is 0 Å². The predicted molar refractivity (Wildman–Crippen MR) is 77.7 cm³/mol. The Morgan fingerprint density at radius 3 is 1.68 bits per heavy atom. The largest absolute Gasteiger partial charge is 0.507 e. The Balaban J connectivity index is 0.000000861. The van der Waals surface area contributed by atoms with Gasteiger partial charge >= 0.3 is 0 Å². The molecule has 3 N–H and O–H groups in total. The summed E-state index contributed by atoms with van der Waals surface area (Å²) >= 11 is 0. The molecule has 3 heteroatoms. The first kappa shape index (κ1) is 14.9. The Morgan fingerprint density at radius 2 is 1.21 bits per heavy atom. The second kappa shape index (κ2) is 6.14. The Kier molecular flexibility index (Phi) is 4.81. The molecular weight excluding hydrogens is 240 g/mol. The van der Waals surface area contributed by atoms with Crippen LogP contribution in [0.25, 0.3) is 11.1 Å². The van der Waals surface area contributed by atoms with Gasteiger partial charge in [-0.25, -0.2) is 0 Å². The molecular formula is C16H20O3. The van der Waals surface area contributed by atoms with E-state index < -0.39 is 0 Å². The number of benzene rings is 2. The van der Waals surface area contributed by atoms with E-state index in [1.165, 1.54) is 12.1 Å². The van der Waals surface area contributed by atoms with Crippen molar-refractivity contribution >= 4 is 0 Å². The van der Waals surface area contributed by atoms with Crippen molar-refractivity contribution in [3.8, 4) is 28.4 Å². The van der Waals surface area contributed by atoms with Crippen molar-refractivity contribution in [2.45, 2.75) is 27.7 Å². The van der Waals surface area contributed by atoms with Crippen LogP contribution in [0.5, 0.6) is 17.2 Å².